The van der Waals surface area contributed by atoms with E-state index in [2.05, 4.69) is 5.32 Å². The van der Waals surface area contributed by atoms with Gasteiger partial charge < -0.3 is 19.4 Å². The quantitative estimate of drug-likeness (QED) is 0.657. The lowest BCUT2D eigenvalue weighted by molar-refractivity contribution is 0.0946. The second kappa shape index (κ2) is 8.62. The second-order valence-electron chi connectivity index (χ2n) is 6.30. The highest BCUT2D eigenvalue weighted by molar-refractivity contribution is 5.98. The molecule has 0 saturated carbocycles. The molecule has 0 fully saturated rings. The van der Waals surface area contributed by atoms with Crippen LogP contribution in [0.3, 0.4) is 0 Å². The van der Waals surface area contributed by atoms with Gasteiger partial charge in [0.25, 0.3) is 5.91 Å². The molecule has 5 nitrogen and oxygen atoms in total. The topological polar surface area (TPSA) is 52.5 Å². The highest BCUT2D eigenvalue weighted by Crippen LogP contribution is 2.28. The van der Waals surface area contributed by atoms with E-state index in [0.717, 1.165) is 34.4 Å². The van der Waals surface area contributed by atoms with Gasteiger partial charge in [0.05, 0.1) is 13.2 Å². The molecular weight excluding hydrogens is 340 g/mol. The van der Waals surface area contributed by atoms with Gasteiger partial charge in [0, 0.05) is 24.5 Å². The molecule has 1 heterocycles. The molecule has 27 heavy (non-hydrogen) atoms. The molecule has 0 bridgehead atoms. The molecule has 0 aliphatic rings. The molecular formula is C22H26N2O3. The molecule has 0 aliphatic heterocycles. The van der Waals surface area contributed by atoms with Crippen LogP contribution in [0.2, 0.25) is 0 Å². The Kier molecular flexibility index (Phi) is 6.01. The minimum absolute atomic E-state index is 0.0651. The SMILES string of the molecule is CCOc1ccc(CCNC(=O)c2cc3ccccc3n2C)cc1OCC. The third-order valence-electron chi connectivity index (χ3n) is 4.49. The third kappa shape index (κ3) is 4.25. The monoisotopic (exact) mass is 366 g/mol. The molecule has 0 radical (unpaired) electrons. The van der Waals surface area contributed by atoms with Crippen LogP contribution in [0.5, 0.6) is 11.5 Å². The van der Waals surface area contributed by atoms with E-state index in [9.17, 15) is 4.79 Å². The Morgan fingerprint density at radius 2 is 1.74 bits per heavy atom. The number of fused-ring (bicyclic) bond motifs is 1. The lowest BCUT2D eigenvalue weighted by atomic mass is 10.1. The number of nitrogens with zero attached hydrogens (tertiary/aromatic N) is 1. The van der Waals surface area contributed by atoms with Crippen LogP contribution in [0.25, 0.3) is 10.9 Å². The minimum Gasteiger partial charge on any atom is -0.490 e. The summed E-state index contributed by atoms with van der Waals surface area (Å²) < 4.78 is 13.2. The molecule has 0 aliphatic carbocycles. The molecule has 142 valence electrons. The standard InChI is InChI=1S/C22H26N2O3/c1-4-26-20-11-10-16(14-21(20)27-5-2)12-13-23-22(25)19-15-17-8-6-7-9-18(17)24(19)3/h6-11,14-15H,4-5,12-13H2,1-3H3,(H,23,25). The van der Waals surface area contributed by atoms with Gasteiger partial charge in [0.1, 0.15) is 5.69 Å². The van der Waals surface area contributed by atoms with E-state index in [4.69, 9.17) is 9.47 Å². The third-order valence-corrected chi connectivity index (χ3v) is 4.49. The summed E-state index contributed by atoms with van der Waals surface area (Å²) in [4.78, 5) is 12.6. The second-order valence-corrected chi connectivity index (χ2v) is 6.30. The van der Waals surface area contributed by atoms with E-state index in [-0.39, 0.29) is 5.91 Å². The molecule has 0 unspecified atom stereocenters. The van der Waals surface area contributed by atoms with Gasteiger partial charge in [-0.25, -0.2) is 0 Å². The predicted molar refractivity (Wildman–Crippen MR) is 108 cm³/mol. The molecule has 3 rings (SSSR count). The van der Waals surface area contributed by atoms with Crippen molar-refractivity contribution in [3.63, 3.8) is 0 Å². The Labute approximate surface area is 159 Å². The summed E-state index contributed by atoms with van der Waals surface area (Å²) in [6, 6.07) is 15.8. The fourth-order valence-corrected chi connectivity index (χ4v) is 3.17. The van der Waals surface area contributed by atoms with Crippen molar-refractivity contribution in [2.45, 2.75) is 20.3 Å². The number of aromatic nitrogens is 1. The molecule has 3 aromatic rings. The number of aryl methyl sites for hydroxylation is 1. The van der Waals surface area contributed by atoms with Crippen molar-refractivity contribution in [1.29, 1.82) is 0 Å². The maximum Gasteiger partial charge on any atom is 0.267 e. The van der Waals surface area contributed by atoms with Crippen molar-refractivity contribution < 1.29 is 14.3 Å². The van der Waals surface area contributed by atoms with Gasteiger partial charge in [0.15, 0.2) is 11.5 Å². The van der Waals surface area contributed by atoms with Crippen LogP contribution in [-0.4, -0.2) is 30.2 Å². The minimum atomic E-state index is -0.0651. The zero-order valence-corrected chi connectivity index (χ0v) is 16.1. The van der Waals surface area contributed by atoms with Crippen molar-refractivity contribution in [1.82, 2.24) is 9.88 Å². The molecule has 5 heteroatoms. The van der Waals surface area contributed by atoms with Crippen LogP contribution < -0.4 is 14.8 Å². The first-order valence-electron chi connectivity index (χ1n) is 9.35. The number of nitrogens with one attached hydrogen (secondary N) is 1. The Balaban J connectivity index is 1.64. The van der Waals surface area contributed by atoms with Crippen molar-refractivity contribution in [2.75, 3.05) is 19.8 Å². The van der Waals surface area contributed by atoms with Crippen LogP contribution in [0.15, 0.2) is 48.5 Å². The average Bonchev–Trinajstić information content (AvgIpc) is 3.01. The Morgan fingerprint density at radius 3 is 2.48 bits per heavy atom. The smallest absolute Gasteiger partial charge is 0.267 e. The lowest BCUT2D eigenvalue weighted by Gasteiger charge is -2.12. The molecule has 0 saturated heterocycles. The highest BCUT2D eigenvalue weighted by Gasteiger charge is 2.13. The fraction of sp³-hybridized carbons (Fsp3) is 0.318. The zero-order valence-electron chi connectivity index (χ0n) is 16.1. The molecule has 0 atom stereocenters. The molecule has 1 aromatic heterocycles. The van der Waals surface area contributed by atoms with Gasteiger partial charge in [-0.15, -0.1) is 0 Å². The summed E-state index contributed by atoms with van der Waals surface area (Å²) in [5, 5.41) is 4.08. The number of hydrogen-bond donors (Lipinski definition) is 1. The highest BCUT2D eigenvalue weighted by atomic mass is 16.5. The fourth-order valence-electron chi connectivity index (χ4n) is 3.17. The van der Waals surface area contributed by atoms with Gasteiger partial charge in [-0.05, 0) is 50.1 Å². The number of carbonyl (C=O) groups excluding carboxylic acids is 1. The number of para-hydroxylation sites is 1. The van der Waals surface area contributed by atoms with Gasteiger partial charge in [0.2, 0.25) is 0 Å². The van der Waals surface area contributed by atoms with Gasteiger partial charge in [-0.1, -0.05) is 24.3 Å². The first kappa shape index (κ1) is 18.8. The van der Waals surface area contributed by atoms with Crippen molar-refractivity contribution in [2.24, 2.45) is 7.05 Å². The molecule has 2 aromatic carbocycles. The average molecular weight is 366 g/mol. The van der Waals surface area contributed by atoms with Crippen LogP contribution >= 0.6 is 0 Å². The summed E-state index contributed by atoms with van der Waals surface area (Å²) in [7, 11) is 1.91. The normalized spacial score (nSPS) is 10.8. The lowest BCUT2D eigenvalue weighted by Crippen LogP contribution is -2.27. The van der Waals surface area contributed by atoms with E-state index < -0.39 is 0 Å². The van der Waals surface area contributed by atoms with Crippen LogP contribution in [0.1, 0.15) is 29.9 Å². The van der Waals surface area contributed by atoms with Crippen LogP contribution in [0, 0.1) is 0 Å². The van der Waals surface area contributed by atoms with Gasteiger partial charge in [-0.3, -0.25) is 4.79 Å². The van der Waals surface area contributed by atoms with Crippen LogP contribution in [0.4, 0.5) is 0 Å². The molecule has 1 amide bonds. The predicted octanol–water partition coefficient (Wildman–Crippen LogP) is 3.95. The first-order valence-corrected chi connectivity index (χ1v) is 9.35. The van der Waals surface area contributed by atoms with Gasteiger partial charge in [-0.2, -0.15) is 0 Å². The maximum atomic E-state index is 12.6. The number of carbonyl (C=O) groups is 1. The van der Waals surface area contributed by atoms with E-state index in [1.165, 1.54) is 0 Å². The van der Waals surface area contributed by atoms with Crippen molar-refractivity contribution >= 4 is 16.8 Å². The van der Waals surface area contributed by atoms with Crippen LogP contribution in [-0.2, 0) is 13.5 Å². The molecule has 0 spiro atoms. The summed E-state index contributed by atoms with van der Waals surface area (Å²) in [6.07, 6.45) is 0.724. The largest absolute Gasteiger partial charge is 0.490 e. The van der Waals surface area contributed by atoms with E-state index in [1.807, 2.05) is 74.0 Å². The Morgan fingerprint density at radius 1 is 1.00 bits per heavy atom. The van der Waals surface area contributed by atoms with Gasteiger partial charge >= 0.3 is 0 Å². The summed E-state index contributed by atoms with van der Waals surface area (Å²) in [6.45, 7) is 5.64. The van der Waals surface area contributed by atoms with Crippen molar-refractivity contribution in [3.05, 3.63) is 59.8 Å². The van der Waals surface area contributed by atoms with E-state index in [0.29, 0.717) is 25.5 Å². The van der Waals surface area contributed by atoms with E-state index >= 15 is 0 Å². The first-order chi connectivity index (χ1) is 13.1. The number of amides is 1. The maximum absolute atomic E-state index is 12.6. The number of hydrogen-bond acceptors (Lipinski definition) is 3. The number of rotatable bonds is 8. The van der Waals surface area contributed by atoms with Crippen molar-refractivity contribution in [3.8, 4) is 11.5 Å². The van der Waals surface area contributed by atoms with E-state index in [1.54, 1.807) is 0 Å². The Bertz CT molecular complexity index is 930. The number of ether oxygens (including phenoxy) is 2. The molecule has 1 N–H and O–H groups in total. The Hall–Kier alpha value is -2.95. The zero-order chi connectivity index (χ0) is 19.2. The summed E-state index contributed by atoms with van der Waals surface area (Å²) in [5.41, 5.74) is 2.81. The number of benzene rings is 2. The summed E-state index contributed by atoms with van der Waals surface area (Å²) >= 11 is 0. The summed E-state index contributed by atoms with van der Waals surface area (Å²) in [5.74, 6) is 1.43.